The van der Waals surface area contributed by atoms with Gasteiger partial charge in [-0.25, -0.2) is 4.98 Å². The lowest BCUT2D eigenvalue weighted by molar-refractivity contribution is 0.712. The Kier molecular flexibility index (Phi) is 3.97. The molecule has 0 saturated carbocycles. The Morgan fingerprint density at radius 2 is 2.10 bits per heavy atom. The van der Waals surface area contributed by atoms with E-state index in [0.717, 1.165) is 36.5 Å². The standard InChI is InChI=1S/C17H20N4/c1-3-18-9-15-11-21(12-19-15)10-14-8-13(2)20-17-7-5-4-6-16(14)17/h4-8,11-12,18H,3,9-10H2,1-2H3. The number of para-hydroxylation sites is 1. The largest absolute Gasteiger partial charge is 0.333 e. The highest BCUT2D eigenvalue weighted by Gasteiger charge is 2.05. The number of aryl methyl sites for hydroxylation is 1. The summed E-state index contributed by atoms with van der Waals surface area (Å²) < 4.78 is 2.13. The van der Waals surface area contributed by atoms with Crippen molar-refractivity contribution in [2.24, 2.45) is 0 Å². The molecule has 108 valence electrons. The predicted molar refractivity (Wildman–Crippen MR) is 85.2 cm³/mol. The minimum atomic E-state index is 0.819. The fourth-order valence-corrected chi connectivity index (χ4v) is 2.56. The second kappa shape index (κ2) is 6.06. The van der Waals surface area contributed by atoms with Crippen LogP contribution in [0.2, 0.25) is 0 Å². The van der Waals surface area contributed by atoms with Gasteiger partial charge in [-0.15, -0.1) is 0 Å². The Balaban J connectivity index is 1.89. The summed E-state index contributed by atoms with van der Waals surface area (Å²) in [5.74, 6) is 0. The average molecular weight is 280 g/mol. The van der Waals surface area contributed by atoms with Crippen molar-refractivity contribution in [1.29, 1.82) is 0 Å². The monoisotopic (exact) mass is 280 g/mol. The first-order valence-electron chi connectivity index (χ1n) is 7.33. The molecule has 2 aromatic heterocycles. The van der Waals surface area contributed by atoms with Gasteiger partial charge in [-0.3, -0.25) is 4.98 Å². The summed E-state index contributed by atoms with van der Waals surface area (Å²) in [4.78, 5) is 9.03. The molecule has 4 heteroatoms. The maximum absolute atomic E-state index is 4.59. The first-order chi connectivity index (χ1) is 10.3. The molecular formula is C17H20N4. The van der Waals surface area contributed by atoms with Crippen LogP contribution in [0.5, 0.6) is 0 Å². The molecule has 0 atom stereocenters. The van der Waals surface area contributed by atoms with E-state index in [2.05, 4.69) is 57.2 Å². The van der Waals surface area contributed by atoms with E-state index in [1.165, 1.54) is 10.9 Å². The van der Waals surface area contributed by atoms with Gasteiger partial charge in [-0.1, -0.05) is 25.1 Å². The number of fused-ring (bicyclic) bond motifs is 1. The first-order valence-corrected chi connectivity index (χ1v) is 7.33. The molecule has 2 heterocycles. The van der Waals surface area contributed by atoms with E-state index in [1.807, 2.05) is 19.3 Å². The molecule has 0 aliphatic rings. The summed E-state index contributed by atoms with van der Waals surface area (Å²) in [5.41, 5.74) is 4.47. The van der Waals surface area contributed by atoms with E-state index in [-0.39, 0.29) is 0 Å². The lowest BCUT2D eigenvalue weighted by atomic mass is 10.1. The van der Waals surface area contributed by atoms with Gasteiger partial charge in [-0.2, -0.15) is 0 Å². The molecular weight excluding hydrogens is 260 g/mol. The SMILES string of the molecule is CCNCc1cn(Cc2cc(C)nc3ccccc23)cn1. The van der Waals surface area contributed by atoms with E-state index in [4.69, 9.17) is 0 Å². The molecule has 1 N–H and O–H groups in total. The highest BCUT2D eigenvalue weighted by molar-refractivity contribution is 5.82. The Hall–Kier alpha value is -2.20. The smallest absolute Gasteiger partial charge is 0.0953 e. The van der Waals surface area contributed by atoms with Crippen molar-refractivity contribution < 1.29 is 0 Å². The molecule has 0 spiro atoms. The van der Waals surface area contributed by atoms with Crippen LogP contribution in [-0.2, 0) is 13.1 Å². The van der Waals surface area contributed by atoms with E-state index in [1.54, 1.807) is 0 Å². The second-order valence-electron chi connectivity index (χ2n) is 5.26. The van der Waals surface area contributed by atoms with Crippen LogP contribution in [0.4, 0.5) is 0 Å². The van der Waals surface area contributed by atoms with Crippen LogP contribution in [0, 0.1) is 6.92 Å². The molecule has 0 saturated heterocycles. The van der Waals surface area contributed by atoms with Crippen molar-refractivity contribution in [3.8, 4) is 0 Å². The number of nitrogens with one attached hydrogen (secondary N) is 1. The van der Waals surface area contributed by atoms with Gasteiger partial charge in [0.1, 0.15) is 0 Å². The average Bonchev–Trinajstić information content (AvgIpc) is 2.92. The van der Waals surface area contributed by atoms with Crippen molar-refractivity contribution in [3.05, 3.63) is 59.8 Å². The summed E-state index contributed by atoms with van der Waals surface area (Å²) in [5, 5.41) is 4.51. The number of benzene rings is 1. The van der Waals surface area contributed by atoms with Crippen LogP contribution < -0.4 is 5.32 Å². The zero-order chi connectivity index (χ0) is 14.7. The molecule has 0 fully saturated rings. The number of imidazole rings is 1. The molecule has 0 radical (unpaired) electrons. The molecule has 4 nitrogen and oxygen atoms in total. The summed E-state index contributed by atoms with van der Waals surface area (Å²) in [6, 6.07) is 10.5. The fourth-order valence-electron chi connectivity index (χ4n) is 2.56. The number of pyridine rings is 1. The van der Waals surface area contributed by atoms with Crippen molar-refractivity contribution in [2.75, 3.05) is 6.54 Å². The van der Waals surface area contributed by atoms with Gasteiger partial charge in [0, 0.05) is 30.4 Å². The van der Waals surface area contributed by atoms with Crippen LogP contribution in [-0.4, -0.2) is 21.1 Å². The van der Waals surface area contributed by atoms with Gasteiger partial charge < -0.3 is 9.88 Å². The van der Waals surface area contributed by atoms with E-state index in [0.29, 0.717) is 0 Å². The summed E-state index contributed by atoms with van der Waals surface area (Å²) in [6.07, 6.45) is 4.00. The number of rotatable bonds is 5. The van der Waals surface area contributed by atoms with Crippen LogP contribution in [0.3, 0.4) is 0 Å². The minimum absolute atomic E-state index is 0.819. The van der Waals surface area contributed by atoms with Gasteiger partial charge in [0.25, 0.3) is 0 Å². The molecule has 0 aliphatic heterocycles. The number of nitrogens with zero attached hydrogens (tertiary/aromatic N) is 3. The molecule has 0 unspecified atom stereocenters. The van der Waals surface area contributed by atoms with E-state index in [9.17, 15) is 0 Å². The third kappa shape index (κ3) is 3.11. The van der Waals surface area contributed by atoms with Crippen molar-refractivity contribution in [2.45, 2.75) is 26.9 Å². The predicted octanol–water partition coefficient (Wildman–Crippen LogP) is 2.90. The first kappa shape index (κ1) is 13.8. The molecule has 3 aromatic rings. The van der Waals surface area contributed by atoms with Gasteiger partial charge in [0.05, 0.1) is 17.5 Å². The topological polar surface area (TPSA) is 42.7 Å². The maximum Gasteiger partial charge on any atom is 0.0953 e. The Morgan fingerprint density at radius 1 is 1.24 bits per heavy atom. The number of aromatic nitrogens is 3. The minimum Gasteiger partial charge on any atom is -0.333 e. The van der Waals surface area contributed by atoms with Gasteiger partial charge in [-0.05, 0) is 31.2 Å². The molecule has 0 amide bonds. The molecule has 0 aliphatic carbocycles. The normalized spacial score (nSPS) is 11.1. The lowest BCUT2D eigenvalue weighted by Gasteiger charge is -2.08. The Bertz CT molecular complexity index is 745. The van der Waals surface area contributed by atoms with Crippen LogP contribution in [0.25, 0.3) is 10.9 Å². The summed E-state index contributed by atoms with van der Waals surface area (Å²) in [6.45, 7) is 6.74. The Labute approximate surface area is 124 Å². The highest BCUT2D eigenvalue weighted by atomic mass is 15.0. The van der Waals surface area contributed by atoms with Gasteiger partial charge in [0.2, 0.25) is 0 Å². The molecule has 3 rings (SSSR count). The zero-order valence-corrected chi connectivity index (χ0v) is 12.5. The highest BCUT2D eigenvalue weighted by Crippen LogP contribution is 2.19. The van der Waals surface area contributed by atoms with Crippen molar-refractivity contribution in [1.82, 2.24) is 19.9 Å². The van der Waals surface area contributed by atoms with Crippen LogP contribution in [0.1, 0.15) is 23.9 Å². The van der Waals surface area contributed by atoms with Crippen molar-refractivity contribution in [3.63, 3.8) is 0 Å². The molecule has 0 bridgehead atoms. The van der Waals surface area contributed by atoms with Crippen LogP contribution >= 0.6 is 0 Å². The summed E-state index contributed by atoms with van der Waals surface area (Å²) in [7, 11) is 0. The van der Waals surface area contributed by atoms with E-state index >= 15 is 0 Å². The Morgan fingerprint density at radius 3 is 2.95 bits per heavy atom. The van der Waals surface area contributed by atoms with E-state index < -0.39 is 0 Å². The maximum atomic E-state index is 4.59. The third-order valence-corrected chi connectivity index (χ3v) is 3.53. The lowest BCUT2D eigenvalue weighted by Crippen LogP contribution is -2.11. The fraction of sp³-hybridized carbons (Fsp3) is 0.294. The van der Waals surface area contributed by atoms with Gasteiger partial charge >= 0.3 is 0 Å². The number of hydrogen-bond donors (Lipinski definition) is 1. The molecule has 21 heavy (non-hydrogen) atoms. The molecule has 1 aromatic carbocycles. The summed E-state index contributed by atoms with van der Waals surface area (Å²) >= 11 is 0. The quantitative estimate of drug-likeness (QED) is 0.781. The van der Waals surface area contributed by atoms with Crippen molar-refractivity contribution >= 4 is 10.9 Å². The van der Waals surface area contributed by atoms with Gasteiger partial charge in [0.15, 0.2) is 0 Å². The number of hydrogen-bond acceptors (Lipinski definition) is 3. The third-order valence-electron chi connectivity index (χ3n) is 3.53. The second-order valence-corrected chi connectivity index (χ2v) is 5.26. The zero-order valence-electron chi connectivity index (χ0n) is 12.5. The van der Waals surface area contributed by atoms with Crippen LogP contribution in [0.15, 0.2) is 42.9 Å².